The lowest BCUT2D eigenvalue weighted by atomic mass is 10.2. The van der Waals surface area contributed by atoms with Gasteiger partial charge in [-0.2, -0.15) is 0 Å². The molecule has 0 saturated carbocycles. The number of aliphatic hydroxyl groups is 1. The monoisotopic (exact) mass is 225 g/mol. The number of phenolic OH excluding ortho intramolecular Hbond substituents is 1. The molecule has 88 valence electrons. The second kappa shape index (κ2) is 5.37. The minimum absolute atomic E-state index is 0.0909. The zero-order valence-electron chi connectivity index (χ0n) is 9.23. The van der Waals surface area contributed by atoms with Gasteiger partial charge in [0.25, 0.3) is 5.91 Å². The maximum Gasteiger partial charge on any atom is 0.251 e. The third kappa shape index (κ3) is 2.87. The molecule has 1 amide bonds. The number of carbonyl (C=O) groups is 1. The van der Waals surface area contributed by atoms with Crippen molar-refractivity contribution >= 4 is 5.91 Å². The molecule has 1 atom stereocenters. The van der Waals surface area contributed by atoms with Crippen molar-refractivity contribution in [1.82, 2.24) is 5.32 Å². The Morgan fingerprint density at radius 3 is 2.75 bits per heavy atom. The van der Waals surface area contributed by atoms with Crippen molar-refractivity contribution in [3.63, 3.8) is 0 Å². The first kappa shape index (κ1) is 12.3. The van der Waals surface area contributed by atoms with Crippen LogP contribution >= 0.6 is 0 Å². The summed E-state index contributed by atoms with van der Waals surface area (Å²) in [6.07, 6.45) is 0. The van der Waals surface area contributed by atoms with Gasteiger partial charge in [-0.15, -0.1) is 0 Å². The minimum Gasteiger partial charge on any atom is -0.504 e. The topological polar surface area (TPSA) is 78.8 Å². The molecule has 5 heteroatoms. The Hall–Kier alpha value is -1.75. The van der Waals surface area contributed by atoms with Crippen molar-refractivity contribution in [3.05, 3.63) is 23.8 Å². The largest absolute Gasteiger partial charge is 0.504 e. The van der Waals surface area contributed by atoms with Crippen molar-refractivity contribution in [2.24, 2.45) is 0 Å². The first-order valence-electron chi connectivity index (χ1n) is 4.87. The molecular formula is C11H15NO4. The van der Waals surface area contributed by atoms with E-state index in [0.29, 0.717) is 11.3 Å². The van der Waals surface area contributed by atoms with Crippen LogP contribution in [0, 0.1) is 0 Å². The molecule has 1 aromatic rings. The van der Waals surface area contributed by atoms with Crippen LogP contribution in [0.15, 0.2) is 18.2 Å². The van der Waals surface area contributed by atoms with Gasteiger partial charge in [0, 0.05) is 11.6 Å². The number of hydrogen-bond donors (Lipinski definition) is 3. The van der Waals surface area contributed by atoms with Crippen LogP contribution in [0.3, 0.4) is 0 Å². The fourth-order valence-electron chi connectivity index (χ4n) is 1.18. The first-order valence-corrected chi connectivity index (χ1v) is 4.87. The van der Waals surface area contributed by atoms with Gasteiger partial charge in [-0.25, -0.2) is 0 Å². The quantitative estimate of drug-likeness (QED) is 0.697. The molecule has 0 heterocycles. The van der Waals surface area contributed by atoms with Crippen molar-refractivity contribution in [2.75, 3.05) is 13.7 Å². The predicted molar refractivity (Wildman–Crippen MR) is 58.7 cm³/mol. The predicted octanol–water partition coefficient (Wildman–Crippen LogP) is 0.511. The molecule has 1 rings (SSSR count). The summed E-state index contributed by atoms with van der Waals surface area (Å²) in [5, 5.41) is 20.8. The number of carbonyl (C=O) groups excluding carboxylic acids is 1. The van der Waals surface area contributed by atoms with Crippen LogP contribution in [0.4, 0.5) is 0 Å². The highest BCUT2D eigenvalue weighted by Gasteiger charge is 2.11. The van der Waals surface area contributed by atoms with E-state index in [2.05, 4.69) is 5.32 Å². The first-order chi connectivity index (χ1) is 7.58. The summed E-state index contributed by atoms with van der Waals surface area (Å²) in [5.74, 6) is -0.127. The summed E-state index contributed by atoms with van der Waals surface area (Å²) in [6, 6.07) is 4.04. The second-order valence-electron chi connectivity index (χ2n) is 3.44. The van der Waals surface area contributed by atoms with E-state index in [4.69, 9.17) is 9.84 Å². The SMILES string of the molecule is COc1ccc(C(=O)NC(C)CO)cc1O. The van der Waals surface area contributed by atoms with E-state index in [1.807, 2.05) is 0 Å². The summed E-state index contributed by atoms with van der Waals surface area (Å²) in [6.45, 7) is 1.55. The third-order valence-electron chi connectivity index (χ3n) is 2.09. The van der Waals surface area contributed by atoms with Gasteiger partial charge >= 0.3 is 0 Å². The second-order valence-corrected chi connectivity index (χ2v) is 3.44. The molecule has 5 nitrogen and oxygen atoms in total. The lowest BCUT2D eigenvalue weighted by molar-refractivity contribution is 0.0922. The van der Waals surface area contributed by atoms with Crippen molar-refractivity contribution in [2.45, 2.75) is 13.0 Å². The number of benzene rings is 1. The molecule has 3 N–H and O–H groups in total. The van der Waals surface area contributed by atoms with Gasteiger partial charge in [-0.1, -0.05) is 0 Å². The van der Waals surface area contributed by atoms with Gasteiger partial charge in [0.15, 0.2) is 11.5 Å². The van der Waals surface area contributed by atoms with Gasteiger partial charge < -0.3 is 20.3 Å². The van der Waals surface area contributed by atoms with Crippen LogP contribution in [0.2, 0.25) is 0 Å². The highest BCUT2D eigenvalue weighted by molar-refractivity contribution is 5.95. The molecule has 0 aliphatic rings. The Kier molecular flexibility index (Phi) is 4.13. The number of aromatic hydroxyl groups is 1. The van der Waals surface area contributed by atoms with Crippen LogP contribution in [0.1, 0.15) is 17.3 Å². The Morgan fingerprint density at radius 1 is 1.56 bits per heavy atom. The number of nitrogens with one attached hydrogen (secondary N) is 1. The van der Waals surface area contributed by atoms with Gasteiger partial charge in [0.2, 0.25) is 0 Å². The molecule has 0 aromatic heterocycles. The molecule has 1 aromatic carbocycles. The van der Waals surface area contributed by atoms with Crippen LogP contribution in [0.25, 0.3) is 0 Å². The molecule has 16 heavy (non-hydrogen) atoms. The maximum absolute atomic E-state index is 11.6. The Morgan fingerprint density at radius 2 is 2.25 bits per heavy atom. The number of methoxy groups -OCH3 is 1. The molecule has 0 fully saturated rings. The van der Waals surface area contributed by atoms with E-state index in [-0.39, 0.29) is 24.3 Å². The number of hydrogen-bond acceptors (Lipinski definition) is 4. The zero-order valence-corrected chi connectivity index (χ0v) is 9.23. The number of amides is 1. The third-order valence-corrected chi connectivity index (χ3v) is 2.09. The summed E-state index contributed by atoms with van der Waals surface area (Å²) < 4.78 is 4.86. The Bertz CT molecular complexity index is 378. The van der Waals surface area contributed by atoms with Crippen molar-refractivity contribution < 1.29 is 19.7 Å². The number of rotatable bonds is 4. The summed E-state index contributed by atoms with van der Waals surface area (Å²) >= 11 is 0. The van der Waals surface area contributed by atoms with E-state index in [9.17, 15) is 9.90 Å². The number of aliphatic hydroxyl groups excluding tert-OH is 1. The van der Waals surface area contributed by atoms with Gasteiger partial charge in [0.05, 0.1) is 13.7 Å². The molecule has 1 unspecified atom stereocenters. The maximum atomic E-state index is 11.6. The van der Waals surface area contributed by atoms with E-state index < -0.39 is 0 Å². The van der Waals surface area contributed by atoms with E-state index in [0.717, 1.165) is 0 Å². The molecule has 0 spiro atoms. The van der Waals surface area contributed by atoms with E-state index >= 15 is 0 Å². The highest BCUT2D eigenvalue weighted by Crippen LogP contribution is 2.26. The van der Waals surface area contributed by atoms with Crippen molar-refractivity contribution in [1.29, 1.82) is 0 Å². The molecule has 0 aliphatic carbocycles. The Labute approximate surface area is 93.7 Å². The van der Waals surface area contributed by atoms with Crippen LogP contribution in [-0.2, 0) is 0 Å². The van der Waals surface area contributed by atoms with Gasteiger partial charge in [-0.05, 0) is 25.1 Å². The fourth-order valence-corrected chi connectivity index (χ4v) is 1.18. The standard InChI is InChI=1S/C11H15NO4/c1-7(6-13)12-11(15)8-3-4-10(16-2)9(14)5-8/h3-5,7,13-14H,6H2,1-2H3,(H,12,15). The summed E-state index contributed by atoms with van der Waals surface area (Å²) in [5.41, 5.74) is 0.318. The minimum atomic E-state index is -0.348. The van der Waals surface area contributed by atoms with Crippen LogP contribution < -0.4 is 10.1 Å². The zero-order chi connectivity index (χ0) is 12.1. The fraction of sp³-hybridized carbons (Fsp3) is 0.364. The lowest BCUT2D eigenvalue weighted by Gasteiger charge is -2.11. The summed E-state index contributed by atoms with van der Waals surface area (Å²) in [7, 11) is 1.43. The number of ether oxygens (including phenoxy) is 1. The highest BCUT2D eigenvalue weighted by atomic mass is 16.5. The molecule has 0 aliphatic heterocycles. The van der Waals surface area contributed by atoms with Crippen LogP contribution in [0.5, 0.6) is 11.5 Å². The Balaban J connectivity index is 2.81. The molecular weight excluding hydrogens is 210 g/mol. The van der Waals surface area contributed by atoms with Gasteiger partial charge in [0.1, 0.15) is 0 Å². The van der Waals surface area contributed by atoms with E-state index in [1.165, 1.54) is 25.3 Å². The molecule has 0 saturated heterocycles. The average Bonchev–Trinajstić information content (AvgIpc) is 2.28. The number of phenols is 1. The average molecular weight is 225 g/mol. The van der Waals surface area contributed by atoms with Gasteiger partial charge in [-0.3, -0.25) is 4.79 Å². The molecule has 0 radical (unpaired) electrons. The normalized spacial score (nSPS) is 11.9. The lowest BCUT2D eigenvalue weighted by Crippen LogP contribution is -2.34. The van der Waals surface area contributed by atoms with Crippen LogP contribution in [-0.4, -0.2) is 35.9 Å². The van der Waals surface area contributed by atoms with Crippen molar-refractivity contribution in [3.8, 4) is 11.5 Å². The van der Waals surface area contributed by atoms with E-state index in [1.54, 1.807) is 6.92 Å². The smallest absolute Gasteiger partial charge is 0.251 e. The summed E-state index contributed by atoms with van der Waals surface area (Å²) in [4.78, 5) is 11.6. The molecule has 0 bridgehead atoms.